The lowest BCUT2D eigenvalue weighted by Gasteiger charge is -2.29. The van der Waals surface area contributed by atoms with Crippen molar-refractivity contribution in [2.75, 3.05) is 20.1 Å². The number of amides is 1. The first-order valence-electron chi connectivity index (χ1n) is 6.65. The highest BCUT2D eigenvalue weighted by Crippen LogP contribution is 2.28. The number of hydrogen-bond acceptors (Lipinski definition) is 2. The van der Waals surface area contributed by atoms with Gasteiger partial charge in [0.1, 0.15) is 0 Å². The second kappa shape index (κ2) is 5.17. The summed E-state index contributed by atoms with van der Waals surface area (Å²) in [7, 11) is 1.96. The fourth-order valence-electron chi connectivity index (χ4n) is 2.62. The minimum Gasteiger partial charge on any atom is -0.343 e. The summed E-state index contributed by atoms with van der Waals surface area (Å²) < 4.78 is 0. The summed E-state index contributed by atoms with van der Waals surface area (Å²) in [6.45, 7) is 4.48. The fraction of sp³-hybridized carbons (Fsp3) is 0.923. The van der Waals surface area contributed by atoms with Gasteiger partial charge in [-0.05, 0) is 50.6 Å². The van der Waals surface area contributed by atoms with Crippen LogP contribution in [0.1, 0.15) is 39.0 Å². The lowest BCUT2D eigenvalue weighted by Crippen LogP contribution is -2.36. The molecule has 1 amide bonds. The Balaban J connectivity index is 1.76. The third-order valence-corrected chi connectivity index (χ3v) is 4.12. The Bertz CT molecular complexity index is 244. The summed E-state index contributed by atoms with van der Waals surface area (Å²) in [4.78, 5) is 13.9. The van der Waals surface area contributed by atoms with E-state index in [1.807, 2.05) is 11.9 Å². The van der Waals surface area contributed by atoms with E-state index in [9.17, 15) is 4.79 Å². The van der Waals surface area contributed by atoms with E-state index < -0.39 is 0 Å². The van der Waals surface area contributed by atoms with E-state index in [1.165, 1.54) is 25.7 Å². The molecule has 0 radical (unpaired) electrons. The van der Waals surface area contributed by atoms with Gasteiger partial charge in [0.2, 0.25) is 5.91 Å². The molecule has 92 valence electrons. The Morgan fingerprint density at radius 1 is 1.44 bits per heavy atom. The van der Waals surface area contributed by atoms with Gasteiger partial charge in [0.05, 0.1) is 0 Å². The lowest BCUT2D eigenvalue weighted by atomic mass is 9.85. The minimum atomic E-state index is 0.348. The van der Waals surface area contributed by atoms with Gasteiger partial charge in [0.15, 0.2) is 0 Å². The van der Waals surface area contributed by atoms with Crippen molar-refractivity contribution in [1.82, 2.24) is 10.2 Å². The zero-order valence-electron chi connectivity index (χ0n) is 10.5. The fourth-order valence-corrected chi connectivity index (χ4v) is 2.62. The summed E-state index contributed by atoms with van der Waals surface area (Å²) in [6.07, 6.45) is 5.71. The maximum absolute atomic E-state index is 12.0. The van der Waals surface area contributed by atoms with Crippen molar-refractivity contribution < 1.29 is 4.79 Å². The first-order chi connectivity index (χ1) is 7.68. The zero-order valence-corrected chi connectivity index (χ0v) is 10.5. The number of rotatable bonds is 4. The molecule has 1 N–H and O–H groups in total. The van der Waals surface area contributed by atoms with Crippen LogP contribution in [0.15, 0.2) is 0 Å². The SMILES string of the molecule is CC(CC(=O)N(C)C1CC1)C1CCCNC1. The molecular formula is C13H24N2O. The summed E-state index contributed by atoms with van der Waals surface area (Å²) in [6, 6.07) is 0.559. The molecule has 2 aliphatic rings. The molecule has 0 aromatic carbocycles. The van der Waals surface area contributed by atoms with E-state index in [2.05, 4.69) is 12.2 Å². The van der Waals surface area contributed by atoms with Crippen LogP contribution in [0.2, 0.25) is 0 Å². The summed E-state index contributed by atoms with van der Waals surface area (Å²) in [5.41, 5.74) is 0. The Labute approximate surface area is 98.6 Å². The van der Waals surface area contributed by atoms with Crippen molar-refractivity contribution in [3.05, 3.63) is 0 Å². The van der Waals surface area contributed by atoms with Crippen molar-refractivity contribution in [2.45, 2.75) is 45.1 Å². The third kappa shape index (κ3) is 2.97. The molecule has 3 heteroatoms. The van der Waals surface area contributed by atoms with E-state index in [-0.39, 0.29) is 0 Å². The maximum atomic E-state index is 12.0. The van der Waals surface area contributed by atoms with Crippen LogP contribution in [0.25, 0.3) is 0 Å². The highest BCUT2D eigenvalue weighted by molar-refractivity contribution is 5.76. The van der Waals surface area contributed by atoms with Crippen LogP contribution in [0.3, 0.4) is 0 Å². The van der Waals surface area contributed by atoms with Crippen molar-refractivity contribution >= 4 is 5.91 Å². The van der Waals surface area contributed by atoms with Crippen LogP contribution in [0.4, 0.5) is 0 Å². The number of hydrogen-bond donors (Lipinski definition) is 1. The van der Waals surface area contributed by atoms with Gasteiger partial charge in [0.25, 0.3) is 0 Å². The molecule has 1 saturated heterocycles. The summed E-state index contributed by atoms with van der Waals surface area (Å²) in [5.74, 6) is 1.58. The monoisotopic (exact) mass is 224 g/mol. The van der Waals surface area contributed by atoms with Gasteiger partial charge >= 0.3 is 0 Å². The molecular weight excluding hydrogens is 200 g/mol. The molecule has 0 aromatic heterocycles. The lowest BCUT2D eigenvalue weighted by molar-refractivity contribution is -0.131. The number of carbonyl (C=O) groups excluding carboxylic acids is 1. The molecule has 1 saturated carbocycles. The average molecular weight is 224 g/mol. The topological polar surface area (TPSA) is 32.3 Å². The van der Waals surface area contributed by atoms with Gasteiger partial charge < -0.3 is 10.2 Å². The second-order valence-electron chi connectivity index (χ2n) is 5.52. The predicted molar refractivity (Wildman–Crippen MR) is 65.2 cm³/mol. The van der Waals surface area contributed by atoms with E-state index >= 15 is 0 Å². The van der Waals surface area contributed by atoms with E-state index in [0.717, 1.165) is 19.5 Å². The van der Waals surface area contributed by atoms with E-state index in [4.69, 9.17) is 0 Å². The van der Waals surface area contributed by atoms with Gasteiger partial charge in [-0.3, -0.25) is 4.79 Å². The normalized spacial score (nSPS) is 27.5. The third-order valence-electron chi connectivity index (χ3n) is 4.12. The Hall–Kier alpha value is -0.570. The Morgan fingerprint density at radius 3 is 2.75 bits per heavy atom. The smallest absolute Gasteiger partial charge is 0.222 e. The maximum Gasteiger partial charge on any atom is 0.222 e. The van der Waals surface area contributed by atoms with Gasteiger partial charge in [-0.2, -0.15) is 0 Å². The molecule has 2 rings (SSSR count). The van der Waals surface area contributed by atoms with Crippen LogP contribution in [-0.2, 0) is 4.79 Å². The van der Waals surface area contributed by atoms with Crippen LogP contribution >= 0.6 is 0 Å². The van der Waals surface area contributed by atoms with Crippen LogP contribution in [0.5, 0.6) is 0 Å². The first-order valence-corrected chi connectivity index (χ1v) is 6.65. The van der Waals surface area contributed by atoms with Crippen molar-refractivity contribution in [3.8, 4) is 0 Å². The average Bonchev–Trinajstić information content (AvgIpc) is 3.13. The molecule has 2 fully saturated rings. The quantitative estimate of drug-likeness (QED) is 0.787. The molecule has 3 nitrogen and oxygen atoms in total. The summed E-state index contributed by atoms with van der Waals surface area (Å²) >= 11 is 0. The molecule has 1 heterocycles. The molecule has 2 unspecified atom stereocenters. The van der Waals surface area contributed by atoms with Gasteiger partial charge in [-0.15, -0.1) is 0 Å². The Kier molecular flexibility index (Phi) is 3.85. The van der Waals surface area contributed by atoms with E-state index in [1.54, 1.807) is 0 Å². The standard InChI is InChI=1S/C13H24N2O/c1-10(11-4-3-7-14-9-11)8-13(16)15(2)12-5-6-12/h10-12,14H,3-9H2,1-2H3. The highest BCUT2D eigenvalue weighted by Gasteiger charge is 2.31. The first kappa shape index (κ1) is 11.9. The molecule has 0 aromatic rings. The number of nitrogens with zero attached hydrogens (tertiary/aromatic N) is 1. The van der Waals surface area contributed by atoms with Crippen LogP contribution < -0.4 is 5.32 Å². The second-order valence-corrected chi connectivity index (χ2v) is 5.52. The molecule has 0 bridgehead atoms. The van der Waals surface area contributed by atoms with Gasteiger partial charge in [-0.1, -0.05) is 6.92 Å². The molecule has 1 aliphatic heterocycles. The predicted octanol–water partition coefficient (Wildman–Crippen LogP) is 1.63. The van der Waals surface area contributed by atoms with Crippen LogP contribution in [-0.4, -0.2) is 37.0 Å². The summed E-state index contributed by atoms with van der Waals surface area (Å²) in [5, 5.41) is 3.43. The van der Waals surface area contributed by atoms with Crippen molar-refractivity contribution in [1.29, 1.82) is 0 Å². The minimum absolute atomic E-state index is 0.348. The highest BCUT2D eigenvalue weighted by atomic mass is 16.2. The number of nitrogens with one attached hydrogen (secondary N) is 1. The zero-order chi connectivity index (χ0) is 11.5. The van der Waals surface area contributed by atoms with E-state index in [0.29, 0.717) is 23.8 Å². The molecule has 16 heavy (non-hydrogen) atoms. The van der Waals surface area contributed by atoms with Crippen molar-refractivity contribution in [2.24, 2.45) is 11.8 Å². The number of carbonyl (C=O) groups is 1. The Morgan fingerprint density at radius 2 is 2.19 bits per heavy atom. The van der Waals surface area contributed by atoms with Crippen LogP contribution in [0, 0.1) is 11.8 Å². The van der Waals surface area contributed by atoms with Crippen molar-refractivity contribution in [3.63, 3.8) is 0 Å². The van der Waals surface area contributed by atoms with Gasteiger partial charge in [0, 0.05) is 19.5 Å². The molecule has 0 spiro atoms. The largest absolute Gasteiger partial charge is 0.343 e. The van der Waals surface area contributed by atoms with Gasteiger partial charge in [-0.25, -0.2) is 0 Å². The number of piperidine rings is 1. The molecule has 1 aliphatic carbocycles. The molecule has 2 atom stereocenters.